The Labute approximate surface area is 120 Å². The van der Waals surface area contributed by atoms with E-state index in [4.69, 9.17) is 10.5 Å². The molecule has 0 atom stereocenters. The molecule has 1 amide bonds. The van der Waals surface area contributed by atoms with Gasteiger partial charge < -0.3 is 21.1 Å². The Morgan fingerprint density at radius 1 is 1.40 bits per heavy atom. The number of ether oxygens (including phenoxy) is 1. The number of carbonyl (C=O) groups is 1. The third-order valence-corrected chi connectivity index (χ3v) is 2.66. The summed E-state index contributed by atoms with van der Waals surface area (Å²) in [6.07, 6.45) is 0. The van der Waals surface area contributed by atoms with Crippen LogP contribution in [-0.2, 0) is 4.74 Å². The molecule has 0 aliphatic carbocycles. The molecular formula is C15H25N3O2. The Hall–Kier alpha value is -1.75. The van der Waals surface area contributed by atoms with Crippen LogP contribution in [0.15, 0.2) is 18.2 Å². The maximum Gasteiger partial charge on any atom is 0.251 e. The minimum Gasteiger partial charge on any atom is -0.397 e. The van der Waals surface area contributed by atoms with Crippen LogP contribution < -0.4 is 16.4 Å². The molecular weight excluding hydrogens is 254 g/mol. The molecule has 0 heterocycles. The molecule has 5 heteroatoms. The standard InChI is InChI=1S/C15H25N3O2/c1-4-17-15(19)12-5-6-14(13(16)9-12)18-7-8-20-10-11(2)3/h5-6,9,11,18H,4,7-8,10,16H2,1-3H3,(H,17,19). The zero-order valence-corrected chi connectivity index (χ0v) is 12.5. The zero-order chi connectivity index (χ0) is 15.0. The van der Waals surface area contributed by atoms with Crippen molar-refractivity contribution in [1.82, 2.24) is 5.32 Å². The van der Waals surface area contributed by atoms with E-state index >= 15 is 0 Å². The molecule has 112 valence electrons. The van der Waals surface area contributed by atoms with E-state index in [0.717, 1.165) is 12.3 Å². The van der Waals surface area contributed by atoms with Crippen molar-refractivity contribution in [3.05, 3.63) is 23.8 Å². The van der Waals surface area contributed by atoms with Gasteiger partial charge >= 0.3 is 0 Å². The van der Waals surface area contributed by atoms with Gasteiger partial charge in [-0.15, -0.1) is 0 Å². The van der Waals surface area contributed by atoms with Gasteiger partial charge in [0, 0.05) is 25.3 Å². The summed E-state index contributed by atoms with van der Waals surface area (Å²) in [5, 5.41) is 5.95. The van der Waals surface area contributed by atoms with Gasteiger partial charge in [-0.1, -0.05) is 13.8 Å². The first-order valence-corrected chi connectivity index (χ1v) is 7.04. The molecule has 0 unspecified atom stereocenters. The van der Waals surface area contributed by atoms with Crippen molar-refractivity contribution >= 4 is 17.3 Å². The largest absolute Gasteiger partial charge is 0.397 e. The van der Waals surface area contributed by atoms with E-state index in [1.54, 1.807) is 12.1 Å². The van der Waals surface area contributed by atoms with Gasteiger partial charge in [0.25, 0.3) is 5.91 Å². The van der Waals surface area contributed by atoms with Crippen LogP contribution in [-0.4, -0.2) is 32.2 Å². The SMILES string of the molecule is CCNC(=O)c1ccc(NCCOCC(C)C)c(N)c1. The fraction of sp³-hybridized carbons (Fsp3) is 0.533. The van der Waals surface area contributed by atoms with Gasteiger partial charge in [-0.05, 0) is 31.0 Å². The number of nitrogen functional groups attached to an aromatic ring is 1. The highest BCUT2D eigenvalue weighted by atomic mass is 16.5. The number of amides is 1. The van der Waals surface area contributed by atoms with Crippen molar-refractivity contribution in [2.45, 2.75) is 20.8 Å². The Bertz CT molecular complexity index is 433. The lowest BCUT2D eigenvalue weighted by Crippen LogP contribution is -2.22. The maximum atomic E-state index is 11.7. The molecule has 5 nitrogen and oxygen atoms in total. The molecule has 0 aromatic heterocycles. The Morgan fingerprint density at radius 3 is 2.75 bits per heavy atom. The van der Waals surface area contributed by atoms with Crippen LogP contribution in [0.1, 0.15) is 31.1 Å². The first kappa shape index (κ1) is 16.3. The molecule has 0 saturated heterocycles. The van der Waals surface area contributed by atoms with Gasteiger partial charge in [0.1, 0.15) is 0 Å². The van der Waals surface area contributed by atoms with E-state index in [0.29, 0.717) is 36.9 Å². The van der Waals surface area contributed by atoms with E-state index in [9.17, 15) is 4.79 Å². The van der Waals surface area contributed by atoms with Gasteiger partial charge in [-0.3, -0.25) is 4.79 Å². The van der Waals surface area contributed by atoms with Gasteiger partial charge in [0.2, 0.25) is 0 Å². The Kier molecular flexibility index (Phi) is 6.87. The molecule has 1 aromatic rings. The van der Waals surface area contributed by atoms with E-state index in [1.165, 1.54) is 0 Å². The minimum atomic E-state index is -0.106. The molecule has 0 fully saturated rings. The predicted octanol–water partition coefficient (Wildman–Crippen LogP) is 2.10. The summed E-state index contributed by atoms with van der Waals surface area (Å²) >= 11 is 0. The summed E-state index contributed by atoms with van der Waals surface area (Å²) in [5.74, 6) is 0.433. The highest BCUT2D eigenvalue weighted by Gasteiger charge is 2.06. The van der Waals surface area contributed by atoms with Crippen molar-refractivity contribution < 1.29 is 9.53 Å². The first-order chi connectivity index (χ1) is 9.54. The van der Waals surface area contributed by atoms with Crippen LogP contribution in [0.5, 0.6) is 0 Å². The summed E-state index contributed by atoms with van der Waals surface area (Å²) in [6, 6.07) is 5.27. The van der Waals surface area contributed by atoms with Crippen LogP contribution in [0.4, 0.5) is 11.4 Å². The molecule has 0 aliphatic rings. The average molecular weight is 279 g/mol. The summed E-state index contributed by atoms with van der Waals surface area (Å²) < 4.78 is 5.48. The second kappa shape index (κ2) is 8.43. The summed E-state index contributed by atoms with van der Waals surface area (Å²) in [5.41, 5.74) is 7.90. The van der Waals surface area contributed by atoms with Crippen LogP contribution in [0.3, 0.4) is 0 Å². The molecule has 0 spiro atoms. The second-order valence-electron chi connectivity index (χ2n) is 5.06. The van der Waals surface area contributed by atoms with Crippen molar-refractivity contribution in [2.24, 2.45) is 5.92 Å². The van der Waals surface area contributed by atoms with E-state index in [2.05, 4.69) is 24.5 Å². The topological polar surface area (TPSA) is 76.4 Å². The number of benzene rings is 1. The van der Waals surface area contributed by atoms with Crippen molar-refractivity contribution in [3.8, 4) is 0 Å². The van der Waals surface area contributed by atoms with Gasteiger partial charge in [0.15, 0.2) is 0 Å². The number of nitrogens with two attached hydrogens (primary N) is 1. The number of hydrogen-bond acceptors (Lipinski definition) is 4. The van der Waals surface area contributed by atoms with E-state index in [1.807, 2.05) is 13.0 Å². The van der Waals surface area contributed by atoms with Crippen molar-refractivity contribution in [1.29, 1.82) is 0 Å². The van der Waals surface area contributed by atoms with E-state index in [-0.39, 0.29) is 5.91 Å². The quantitative estimate of drug-likeness (QED) is 0.503. The van der Waals surface area contributed by atoms with Crippen LogP contribution >= 0.6 is 0 Å². The van der Waals surface area contributed by atoms with Crippen molar-refractivity contribution in [2.75, 3.05) is 37.4 Å². The van der Waals surface area contributed by atoms with Crippen LogP contribution in [0.25, 0.3) is 0 Å². The van der Waals surface area contributed by atoms with Crippen molar-refractivity contribution in [3.63, 3.8) is 0 Å². The summed E-state index contributed by atoms with van der Waals surface area (Å²) in [7, 11) is 0. The maximum absolute atomic E-state index is 11.7. The third kappa shape index (κ3) is 5.48. The smallest absolute Gasteiger partial charge is 0.251 e. The van der Waals surface area contributed by atoms with Crippen LogP contribution in [0.2, 0.25) is 0 Å². The predicted molar refractivity (Wildman–Crippen MR) is 83.0 cm³/mol. The fourth-order valence-corrected chi connectivity index (χ4v) is 1.70. The average Bonchev–Trinajstić information content (AvgIpc) is 2.39. The number of rotatable bonds is 8. The summed E-state index contributed by atoms with van der Waals surface area (Å²) in [6.45, 7) is 8.80. The normalized spacial score (nSPS) is 10.6. The fourth-order valence-electron chi connectivity index (χ4n) is 1.70. The Balaban J connectivity index is 2.45. The Morgan fingerprint density at radius 2 is 2.15 bits per heavy atom. The molecule has 20 heavy (non-hydrogen) atoms. The molecule has 0 bridgehead atoms. The minimum absolute atomic E-state index is 0.106. The summed E-state index contributed by atoms with van der Waals surface area (Å²) in [4.78, 5) is 11.7. The lowest BCUT2D eigenvalue weighted by atomic mass is 10.1. The lowest BCUT2D eigenvalue weighted by molar-refractivity contribution is 0.0956. The highest BCUT2D eigenvalue weighted by Crippen LogP contribution is 2.19. The lowest BCUT2D eigenvalue weighted by Gasteiger charge is -2.12. The zero-order valence-electron chi connectivity index (χ0n) is 12.5. The number of hydrogen-bond donors (Lipinski definition) is 3. The molecule has 4 N–H and O–H groups in total. The molecule has 1 rings (SSSR count). The number of carbonyl (C=O) groups excluding carboxylic acids is 1. The first-order valence-electron chi connectivity index (χ1n) is 7.04. The molecule has 0 saturated carbocycles. The molecule has 1 aromatic carbocycles. The second-order valence-corrected chi connectivity index (χ2v) is 5.06. The molecule has 0 aliphatic heterocycles. The van der Waals surface area contributed by atoms with Gasteiger partial charge in [0.05, 0.1) is 18.0 Å². The monoisotopic (exact) mass is 279 g/mol. The van der Waals surface area contributed by atoms with Gasteiger partial charge in [-0.25, -0.2) is 0 Å². The number of nitrogens with one attached hydrogen (secondary N) is 2. The third-order valence-electron chi connectivity index (χ3n) is 2.66. The molecule has 0 radical (unpaired) electrons. The highest BCUT2D eigenvalue weighted by molar-refractivity contribution is 5.96. The van der Waals surface area contributed by atoms with Crippen LogP contribution in [0, 0.1) is 5.92 Å². The number of anilines is 2. The van der Waals surface area contributed by atoms with Gasteiger partial charge in [-0.2, -0.15) is 0 Å². The van der Waals surface area contributed by atoms with E-state index < -0.39 is 0 Å².